The Morgan fingerprint density at radius 1 is 1.22 bits per heavy atom. The van der Waals surface area contributed by atoms with Crippen LogP contribution in [0.15, 0.2) is 24.3 Å². The number of benzene rings is 1. The van der Waals surface area contributed by atoms with Crippen molar-refractivity contribution in [2.24, 2.45) is 5.41 Å². The monoisotopic (exact) mass is 318 g/mol. The summed E-state index contributed by atoms with van der Waals surface area (Å²) in [6.07, 6.45) is 3.07. The minimum Gasteiger partial charge on any atom is -0.497 e. The number of hydrogen-bond donors (Lipinski definition) is 1. The summed E-state index contributed by atoms with van der Waals surface area (Å²) in [7, 11) is 1.58. The van der Waals surface area contributed by atoms with Gasteiger partial charge in [-0.2, -0.15) is 0 Å². The highest BCUT2D eigenvalue weighted by Gasteiger charge is 2.57. The molecular weight excluding hydrogens is 292 g/mol. The first-order valence-corrected chi connectivity index (χ1v) is 8.32. The molecular formula is C18H26N2O3. The van der Waals surface area contributed by atoms with Gasteiger partial charge < -0.3 is 15.0 Å². The Morgan fingerprint density at radius 3 is 2.39 bits per heavy atom. The summed E-state index contributed by atoms with van der Waals surface area (Å²) in [5.74, 6) is 0.451. The van der Waals surface area contributed by atoms with Crippen molar-refractivity contribution in [2.75, 3.05) is 25.5 Å². The van der Waals surface area contributed by atoms with Crippen LogP contribution in [0.5, 0.6) is 5.75 Å². The number of rotatable bonds is 8. The highest BCUT2D eigenvalue weighted by atomic mass is 16.5. The first-order valence-electron chi connectivity index (χ1n) is 8.32. The van der Waals surface area contributed by atoms with Crippen LogP contribution in [0.1, 0.15) is 39.5 Å². The molecule has 0 spiro atoms. The molecule has 1 fully saturated rings. The standard InChI is InChI=1S/C18H26N2O3/c1-4-11-20(12-5-2)17(22)18(9-10-18)16(21)19-14-7-6-8-15(13-14)23-3/h6-8,13H,4-5,9-12H2,1-3H3,(H,19,21). The molecule has 0 atom stereocenters. The van der Waals surface area contributed by atoms with Crippen molar-refractivity contribution in [3.05, 3.63) is 24.3 Å². The van der Waals surface area contributed by atoms with Crippen LogP contribution in [0, 0.1) is 5.41 Å². The van der Waals surface area contributed by atoms with Crippen LogP contribution in [0.3, 0.4) is 0 Å². The molecule has 126 valence electrons. The average Bonchev–Trinajstić information content (AvgIpc) is 3.36. The number of methoxy groups -OCH3 is 1. The fourth-order valence-electron chi connectivity index (χ4n) is 2.77. The Bertz CT molecular complexity index is 561. The van der Waals surface area contributed by atoms with Gasteiger partial charge in [-0.15, -0.1) is 0 Å². The lowest BCUT2D eigenvalue weighted by Gasteiger charge is -2.26. The van der Waals surface area contributed by atoms with E-state index in [2.05, 4.69) is 5.32 Å². The predicted molar refractivity (Wildman–Crippen MR) is 90.5 cm³/mol. The van der Waals surface area contributed by atoms with Gasteiger partial charge in [0.15, 0.2) is 0 Å². The molecule has 0 unspecified atom stereocenters. The van der Waals surface area contributed by atoms with Gasteiger partial charge in [0.2, 0.25) is 11.8 Å². The molecule has 0 aromatic heterocycles. The zero-order chi connectivity index (χ0) is 16.9. The van der Waals surface area contributed by atoms with Gasteiger partial charge in [-0.3, -0.25) is 9.59 Å². The lowest BCUT2D eigenvalue weighted by Crippen LogP contribution is -2.43. The number of anilines is 1. The fraction of sp³-hybridized carbons (Fsp3) is 0.556. The van der Waals surface area contributed by atoms with E-state index in [1.165, 1.54) is 0 Å². The number of carbonyl (C=O) groups is 2. The zero-order valence-corrected chi connectivity index (χ0v) is 14.2. The first kappa shape index (κ1) is 17.3. The maximum Gasteiger partial charge on any atom is 0.240 e. The number of ether oxygens (including phenoxy) is 1. The van der Waals surface area contributed by atoms with Crippen molar-refractivity contribution < 1.29 is 14.3 Å². The van der Waals surface area contributed by atoms with Crippen molar-refractivity contribution in [2.45, 2.75) is 39.5 Å². The number of nitrogens with one attached hydrogen (secondary N) is 1. The Balaban J connectivity index is 2.09. The second-order valence-corrected chi connectivity index (χ2v) is 6.06. The van der Waals surface area contributed by atoms with E-state index in [0.29, 0.717) is 37.4 Å². The van der Waals surface area contributed by atoms with E-state index in [-0.39, 0.29) is 11.8 Å². The third-order valence-electron chi connectivity index (χ3n) is 4.20. The second-order valence-electron chi connectivity index (χ2n) is 6.06. The second kappa shape index (κ2) is 7.49. The zero-order valence-electron chi connectivity index (χ0n) is 14.2. The van der Waals surface area contributed by atoms with Gasteiger partial charge in [0.1, 0.15) is 11.2 Å². The molecule has 0 radical (unpaired) electrons. The molecule has 0 heterocycles. The van der Waals surface area contributed by atoms with Crippen molar-refractivity contribution in [1.29, 1.82) is 0 Å². The van der Waals surface area contributed by atoms with Crippen molar-refractivity contribution in [3.8, 4) is 5.75 Å². The predicted octanol–water partition coefficient (Wildman–Crippen LogP) is 3.06. The molecule has 1 aromatic carbocycles. The summed E-state index contributed by atoms with van der Waals surface area (Å²) >= 11 is 0. The van der Waals surface area contributed by atoms with E-state index >= 15 is 0 Å². The largest absolute Gasteiger partial charge is 0.497 e. The molecule has 2 amide bonds. The summed E-state index contributed by atoms with van der Waals surface area (Å²) in [6.45, 7) is 5.51. The summed E-state index contributed by atoms with van der Waals surface area (Å²) in [6, 6.07) is 7.19. The lowest BCUT2D eigenvalue weighted by molar-refractivity contribution is -0.142. The molecule has 1 aliphatic carbocycles. The summed E-state index contributed by atoms with van der Waals surface area (Å²) in [5, 5.41) is 2.87. The molecule has 1 aromatic rings. The summed E-state index contributed by atoms with van der Waals surface area (Å²) in [5.41, 5.74) is -0.209. The highest BCUT2D eigenvalue weighted by molar-refractivity contribution is 6.13. The molecule has 5 nitrogen and oxygen atoms in total. The van der Waals surface area contributed by atoms with Gasteiger partial charge in [-0.25, -0.2) is 0 Å². The van der Waals surface area contributed by atoms with Gasteiger partial charge in [0, 0.05) is 24.8 Å². The van der Waals surface area contributed by atoms with E-state index in [0.717, 1.165) is 12.8 Å². The highest BCUT2D eigenvalue weighted by Crippen LogP contribution is 2.48. The third-order valence-corrected chi connectivity index (χ3v) is 4.20. The molecule has 1 saturated carbocycles. The van der Waals surface area contributed by atoms with Crippen LogP contribution in [0.25, 0.3) is 0 Å². The third kappa shape index (κ3) is 3.84. The Morgan fingerprint density at radius 2 is 1.87 bits per heavy atom. The Hall–Kier alpha value is -2.04. The SMILES string of the molecule is CCCN(CCC)C(=O)C1(C(=O)Nc2cccc(OC)c2)CC1. The van der Waals surface area contributed by atoms with Gasteiger partial charge in [0.25, 0.3) is 0 Å². The molecule has 0 saturated heterocycles. The number of carbonyl (C=O) groups excluding carboxylic acids is 2. The first-order chi connectivity index (χ1) is 11.1. The van der Waals surface area contributed by atoms with E-state index in [4.69, 9.17) is 4.74 Å². The maximum atomic E-state index is 12.8. The van der Waals surface area contributed by atoms with E-state index < -0.39 is 5.41 Å². The molecule has 23 heavy (non-hydrogen) atoms. The Kier molecular flexibility index (Phi) is 5.64. The quantitative estimate of drug-likeness (QED) is 0.749. The fourth-order valence-corrected chi connectivity index (χ4v) is 2.77. The normalized spacial score (nSPS) is 14.9. The van der Waals surface area contributed by atoms with Crippen LogP contribution in [-0.2, 0) is 9.59 Å². The topological polar surface area (TPSA) is 58.6 Å². The molecule has 0 bridgehead atoms. The van der Waals surface area contributed by atoms with Crippen LogP contribution < -0.4 is 10.1 Å². The van der Waals surface area contributed by atoms with Crippen LogP contribution >= 0.6 is 0 Å². The van der Waals surface area contributed by atoms with E-state index in [9.17, 15) is 9.59 Å². The van der Waals surface area contributed by atoms with Crippen molar-refractivity contribution in [3.63, 3.8) is 0 Å². The molecule has 1 N–H and O–H groups in total. The molecule has 5 heteroatoms. The molecule has 0 aliphatic heterocycles. The van der Waals surface area contributed by atoms with E-state index in [1.807, 2.05) is 30.9 Å². The minimum absolute atomic E-state index is 0.0263. The van der Waals surface area contributed by atoms with Gasteiger partial charge >= 0.3 is 0 Å². The molecule has 2 rings (SSSR count). The van der Waals surface area contributed by atoms with Crippen LogP contribution in [0.4, 0.5) is 5.69 Å². The van der Waals surface area contributed by atoms with Crippen LogP contribution in [-0.4, -0.2) is 36.9 Å². The Labute approximate surface area is 138 Å². The summed E-state index contributed by atoms with van der Waals surface area (Å²) in [4.78, 5) is 27.3. The average molecular weight is 318 g/mol. The van der Waals surface area contributed by atoms with Crippen molar-refractivity contribution >= 4 is 17.5 Å². The van der Waals surface area contributed by atoms with Crippen molar-refractivity contribution in [1.82, 2.24) is 4.90 Å². The van der Waals surface area contributed by atoms with E-state index in [1.54, 1.807) is 19.2 Å². The van der Waals surface area contributed by atoms with Crippen LogP contribution in [0.2, 0.25) is 0 Å². The minimum atomic E-state index is -0.868. The number of amides is 2. The lowest BCUT2D eigenvalue weighted by atomic mass is 10.0. The smallest absolute Gasteiger partial charge is 0.240 e. The summed E-state index contributed by atoms with van der Waals surface area (Å²) < 4.78 is 5.16. The molecule has 1 aliphatic rings. The van der Waals surface area contributed by atoms with Gasteiger partial charge in [-0.1, -0.05) is 19.9 Å². The maximum absolute atomic E-state index is 12.8. The van der Waals surface area contributed by atoms with Gasteiger partial charge in [0.05, 0.1) is 7.11 Å². The van der Waals surface area contributed by atoms with Gasteiger partial charge in [-0.05, 0) is 37.8 Å². The number of hydrogen-bond acceptors (Lipinski definition) is 3. The number of nitrogens with zero attached hydrogens (tertiary/aromatic N) is 1.